The highest BCUT2D eigenvalue weighted by Gasteiger charge is 2.12. The Morgan fingerprint density at radius 1 is 0.842 bits per heavy atom. The largest absolute Gasteiger partial charge is 0.462 e. The lowest BCUT2D eigenvalue weighted by molar-refractivity contribution is -0.149. The molecule has 0 aromatic carbocycles. The number of hydrogen-bond donors (Lipinski definition) is 0. The van der Waals surface area contributed by atoms with Crippen LogP contribution < -0.4 is 0 Å². The fourth-order valence-electron chi connectivity index (χ4n) is 2.82. The van der Waals surface area contributed by atoms with Gasteiger partial charge in [-0.1, -0.05) is 64.7 Å². The summed E-state index contributed by atoms with van der Waals surface area (Å²) in [7, 11) is 0. The number of cyclic esters (lactones) is 1. The first-order valence-corrected chi connectivity index (χ1v) is 8.52. The van der Waals surface area contributed by atoms with E-state index in [0.29, 0.717) is 6.42 Å². The van der Waals surface area contributed by atoms with Crippen LogP contribution in [0.1, 0.15) is 96.8 Å². The van der Waals surface area contributed by atoms with Crippen molar-refractivity contribution in [2.45, 2.75) is 103 Å². The first-order chi connectivity index (χ1) is 9.33. The average Bonchev–Trinajstić information content (AvgIpc) is 2.41. The Balaban J connectivity index is 2.28. The van der Waals surface area contributed by atoms with Gasteiger partial charge in [0.2, 0.25) is 0 Å². The number of rotatable bonds is 1. The lowest BCUT2D eigenvalue weighted by Crippen LogP contribution is -2.17. The summed E-state index contributed by atoms with van der Waals surface area (Å²) >= 11 is 0. The first-order valence-electron chi connectivity index (χ1n) is 8.52. The third-order valence-corrected chi connectivity index (χ3v) is 4.16. The van der Waals surface area contributed by atoms with Gasteiger partial charge in [-0.2, -0.15) is 0 Å². The molecule has 1 saturated heterocycles. The predicted molar refractivity (Wildman–Crippen MR) is 80.2 cm³/mol. The van der Waals surface area contributed by atoms with E-state index >= 15 is 0 Å². The van der Waals surface area contributed by atoms with Gasteiger partial charge in [0.25, 0.3) is 0 Å². The van der Waals surface area contributed by atoms with E-state index in [2.05, 4.69) is 6.92 Å². The molecule has 19 heavy (non-hydrogen) atoms. The maximum Gasteiger partial charge on any atom is 0.306 e. The van der Waals surface area contributed by atoms with Crippen molar-refractivity contribution in [1.82, 2.24) is 0 Å². The second-order valence-corrected chi connectivity index (χ2v) is 5.95. The molecule has 0 saturated carbocycles. The SMILES string of the molecule is CCC1CCCCCCCCCCCCCC(=O)O1. The third kappa shape index (κ3) is 9.07. The van der Waals surface area contributed by atoms with Crippen LogP contribution in [0.15, 0.2) is 0 Å². The van der Waals surface area contributed by atoms with Gasteiger partial charge in [-0.3, -0.25) is 4.79 Å². The van der Waals surface area contributed by atoms with E-state index in [1.165, 1.54) is 64.2 Å². The summed E-state index contributed by atoms with van der Waals surface area (Å²) in [6, 6.07) is 0. The monoisotopic (exact) mass is 268 g/mol. The van der Waals surface area contributed by atoms with Crippen LogP contribution >= 0.6 is 0 Å². The molecular formula is C17H32O2. The van der Waals surface area contributed by atoms with Crippen molar-refractivity contribution < 1.29 is 9.53 Å². The molecule has 0 aliphatic carbocycles. The van der Waals surface area contributed by atoms with Crippen LogP contribution in [0.4, 0.5) is 0 Å². The predicted octanol–water partition coefficient (Wildman–Crippen LogP) is 5.39. The fourth-order valence-corrected chi connectivity index (χ4v) is 2.82. The van der Waals surface area contributed by atoms with Crippen LogP contribution in [0.2, 0.25) is 0 Å². The van der Waals surface area contributed by atoms with Crippen molar-refractivity contribution in [1.29, 1.82) is 0 Å². The Kier molecular flexibility index (Phi) is 9.84. The molecule has 112 valence electrons. The quantitative estimate of drug-likeness (QED) is 0.596. The average molecular weight is 268 g/mol. The number of carbonyl (C=O) groups is 1. The van der Waals surface area contributed by atoms with Crippen LogP contribution in [-0.4, -0.2) is 12.1 Å². The molecule has 1 rings (SSSR count). The van der Waals surface area contributed by atoms with E-state index in [1.807, 2.05) is 0 Å². The molecular weight excluding hydrogens is 236 g/mol. The van der Waals surface area contributed by atoms with Crippen LogP contribution in [-0.2, 0) is 9.53 Å². The summed E-state index contributed by atoms with van der Waals surface area (Å²) in [6.07, 6.45) is 17.1. The molecule has 1 aliphatic heterocycles. The van der Waals surface area contributed by atoms with Crippen LogP contribution in [0.25, 0.3) is 0 Å². The normalized spacial score (nSPS) is 25.7. The maximum atomic E-state index is 11.7. The maximum absolute atomic E-state index is 11.7. The highest BCUT2D eigenvalue weighted by atomic mass is 16.5. The second kappa shape index (κ2) is 11.3. The van der Waals surface area contributed by atoms with E-state index < -0.39 is 0 Å². The number of hydrogen-bond acceptors (Lipinski definition) is 2. The van der Waals surface area contributed by atoms with Gasteiger partial charge in [-0.05, 0) is 25.7 Å². The molecule has 0 radical (unpaired) electrons. The van der Waals surface area contributed by atoms with Gasteiger partial charge in [0.05, 0.1) is 0 Å². The molecule has 1 aliphatic rings. The minimum absolute atomic E-state index is 0.0268. The van der Waals surface area contributed by atoms with Crippen molar-refractivity contribution in [2.75, 3.05) is 0 Å². The third-order valence-electron chi connectivity index (χ3n) is 4.16. The number of carbonyl (C=O) groups excluding carboxylic acids is 1. The Morgan fingerprint density at radius 2 is 1.32 bits per heavy atom. The summed E-state index contributed by atoms with van der Waals surface area (Å²) in [5.74, 6) is 0.0268. The molecule has 0 aromatic heterocycles. The fraction of sp³-hybridized carbons (Fsp3) is 0.941. The van der Waals surface area contributed by atoms with Gasteiger partial charge in [0.1, 0.15) is 6.10 Å². The minimum Gasteiger partial charge on any atom is -0.462 e. The molecule has 0 N–H and O–H groups in total. The summed E-state index contributed by atoms with van der Waals surface area (Å²) in [6.45, 7) is 2.12. The Bertz CT molecular complexity index is 225. The summed E-state index contributed by atoms with van der Waals surface area (Å²) < 4.78 is 5.56. The highest BCUT2D eigenvalue weighted by molar-refractivity contribution is 5.69. The molecule has 1 fully saturated rings. The Labute approximate surface area is 119 Å². The van der Waals surface area contributed by atoms with Gasteiger partial charge < -0.3 is 4.74 Å². The second-order valence-electron chi connectivity index (χ2n) is 5.95. The molecule has 1 unspecified atom stereocenters. The smallest absolute Gasteiger partial charge is 0.306 e. The van der Waals surface area contributed by atoms with E-state index in [1.54, 1.807) is 0 Å². The van der Waals surface area contributed by atoms with Gasteiger partial charge >= 0.3 is 5.97 Å². The van der Waals surface area contributed by atoms with E-state index in [9.17, 15) is 4.79 Å². The molecule has 0 amide bonds. The van der Waals surface area contributed by atoms with Crippen LogP contribution in [0.3, 0.4) is 0 Å². The lowest BCUT2D eigenvalue weighted by atomic mass is 10.0. The molecule has 1 atom stereocenters. The van der Waals surface area contributed by atoms with E-state index in [-0.39, 0.29) is 12.1 Å². The highest BCUT2D eigenvalue weighted by Crippen LogP contribution is 2.16. The van der Waals surface area contributed by atoms with Gasteiger partial charge in [0.15, 0.2) is 0 Å². The Morgan fingerprint density at radius 3 is 1.84 bits per heavy atom. The molecule has 0 aromatic rings. The minimum atomic E-state index is 0.0268. The number of ether oxygens (including phenoxy) is 1. The van der Waals surface area contributed by atoms with Crippen molar-refractivity contribution in [3.8, 4) is 0 Å². The molecule has 0 bridgehead atoms. The zero-order valence-corrected chi connectivity index (χ0v) is 12.8. The first kappa shape index (κ1) is 16.5. The Hall–Kier alpha value is -0.530. The molecule has 0 spiro atoms. The van der Waals surface area contributed by atoms with Gasteiger partial charge in [0, 0.05) is 6.42 Å². The van der Waals surface area contributed by atoms with Crippen LogP contribution in [0, 0.1) is 0 Å². The van der Waals surface area contributed by atoms with Crippen molar-refractivity contribution in [3.63, 3.8) is 0 Å². The topological polar surface area (TPSA) is 26.3 Å². The summed E-state index contributed by atoms with van der Waals surface area (Å²) in [5.41, 5.74) is 0. The van der Waals surface area contributed by atoms with Crippen molar-refractivity contribution in [2.24, 2.45) is 0 Å². The van der Waals surface area contributed by atoms with Crippen molar-refractivity contribution in [3.05, 3.63) is 0 Å². The van der Waals surface area contributed by atoms with Crippen LogP contribution in [0.5, 0.6) is 0 Å². The summed E-state index contributed by atoms with van der Waals surface area (Å²) in [5, 5.41) is 0. The van der Waals surface area contributed by atoms with E-state index in [4.69, 9.17) is 4.74 Å². The van der Waals surface area contributed by atoms with Gasteiger partial charge in [-0.25, -0.2) is 0 Å². The lowest BCUT2D eigenvalue weighted by Gasteiger charge is -2.16. The molecule has 2 heteroatoms. The zero-order valence-electron chi connectivity index (χ0n) is 12.8. The van der Waals surface area contributed by atoms with Gasteiger partial charge in [-0.15, -0.1) is 0 Å². The zero-order chi connectivity index (χ0) is 13.8. The summed E-state index contributed by atoms with van der Waals surface area (Å²) in [4.78, 5) is 11.7. The molecule has 2 nitrogen and oxygen atoms in total. The molecule has 1 heterocycles. The van der Waals surface area contributed by atoms with E-state index in [0.717, 1.165) is 19.3 Å². The standard InChI is InChI=1S/C17H32O2/c1-2-16-14-12-10-8-6-4-3-5-7-9-11-13-15-17(18)19-16/h16H,2-15H2,1H3. The van der Waals surface area contributed by atoms with Crippen molar-refractivity contribution >= 4 is 5.97 Å². The number of esters is 1.